The lowest BCUT2D eigenvalue weighted by Crippen LogP contribution is -2.43. The van der Waals surface area contributed by atoms with Crippen LogP contribution in [0.3, 0.4) is 0 Å². The van der Waals surface area contributed by atoms with Crippen LogP contribution >= 0.6 is 31.9 Å². The van der Waals surface area contributed by atoms with Crippen molar-refractivity contribution in [2.75, 3.05) is 9.80 Å². The Kier molecular flexibility index (Phi) is 7.21. The second-order valence-corrected chi connectivity index (χ2v) is 13.7. The first-order chi connectivity index (χ1) is 21.2. The van der Waals surface area contributed by atoms with Gasteiger partial charge in [-0.2, -0.15) is 0 Å². The average Bonchev–Trinajstić information content (AvgIpc) is 3.42. The molecule has 0 bridgehead atoms. The molecule has 3 aromatic carbocycles. The Balaban J connectivity index is 1.35. The van der Waals surface area contributed by atoms with E-state index in [1.807, 2.05) is 18.2 Å². The van der Waals surface area contributed by atoms with Crippen molar-refractivity contribution < 1.29 is 24.3 Å². The van der Waals surface area contributed by atoms with Crippen LogP contribution in [0.4, 0.5) is 11.4 Å². The van der Waals surface area contributed by atoms with Crippen LogP contribution in [0.15, 0.2) is 100.0 Å². The van der Waals surface area contributed by atoms with Crippen LogP contribution in [0, 0.1) is 29.6 Å². The lowest BCUT2D eigenvalue weighted by Gasteiger charge is -2.44. The van der Waals surface area contributed by atoms with Crippen molar-refractivity contribution in [3.05, 3.63) is 111 Å². The molecule has 2 aliphatic heterocycles. The Labute approximate surface area is 271 Å². The third kappa shape index (κ3) is 4.35. The van der Waals surface area contributed by atoms with Gasteiger partial charge in [-0.3, -0.25) is 29.0 Å². The highest BCUT2D eigenvalue weighted by atomic mass is 79.9. The van der Waals surface area contributed by atoms with E-state index in [9.17, 15) is 24.3 Å². The molecule has 44 heavy (non-hydrogen) atoms. The van der Waals surface area contributed by atoms with Gasteiger partial charge in [-0.1, -0.05) is 67.8 Å². The number of halogens is 2. The third-order valence-corrected chi connectivity index (χ3v) is 10.7. The van der Waals surface area contributed by atoms with Gasteiger partial charge in [0.25, 0.3) is 0 Å². The number of fused-ring (bicyclic) bond motifs is 4. The SMILES string of the molecule is C=CCc1cccc(C2C3=CCC4C(=O)N(c5ccc(Br)cc5)C(=O)C4C3CC3C(=O)N(c4ccc(Br)cc4)C(=O)C32)c1O. The van der Waals surface area contributed by atoms with Crippen LogP contribution in [0.1, 0.15) is 29.9 Å². The van der Waals surface area contributed by atoms with Gasteiger partial charge in [-0.15, -0.1) is 6.58 Å². The van der Waals surface area contributed by atoms with E-state index in [1.54, 1.807) is 60.7 Å². The van der Waals surface area contributed by atoms with Crippen LogP contribution in [-0.4, -0.2) is 28.7 Å². The van der Waals surface area contributed by atoms with Crippen molar-refractivity contribution in [3.8, 4) is 5.75 Å². The Bertz CT molecular complexity index is 1770. The van der Waals surface area contributed by atoms with Gasteiger partial charge in [0.1, 0.15) is 5.75 Å². The lowest BCUT2D eigenvalue weighted by molar-refractivity contribution is -0.126. The van der Waals surface area contributed by atoms with E-state index >= 15 is 0 Å². The number of para-hydroxylation sites is 1. The van der Waals surface area contributed by atoms with Gasteiger partial charge in [0.15, 0.2) is 0 Å². The molecule has 4 amide bonds. The number of imide groups is 2. The molecule has 2 heterocycles. The van der Waals surface area contributed by atoms with Crippen molar-refractivity contribution in [3.63, 3.8) is 0 Å². The predicted molar refractivity (Wildman–Crippen MR) is 173 cm³/mol. The molecule has 7 nitrogen and oxygen atoms in total. The largest absolute Gasteiger partial charge is 0.507 e. The Morgan fingerprint density at radius 3 is 1.91 bits per heavy atom. The molecule has 7 rings (SSSR count). The van der Waals surface area contributed by atoms with Gasteiger partial charge in [-0.25, -0.2) is 0 Å². The molecule has 1 saturated carbocycles. The smallest absolute Gasteiger partial charge is 0.238 e. The number of carbonyl (C=O) groups is 4. The zero-order valence-electron chi connectivity index (χ0n) is 23.5. The maximum absolute atomic E-state index is 14.3. The van der Waals surface area contributed by atoms with E-state index in [1.165, 1.54) is 9.80 Å². The van der Waals surface area contributed by atoms with E-state index in [0.717, 1.165) is 14.5 Å². The van der Waals surface area contributed by atoms with Gasteiger partial charge in [0, 0.05) is 20.4 Å². The number of phenolic OH excluding ortho intramolecular Hbond substituents is 1. The fourth-order valence-corrected chi connectivity index (χ4v) is 8.34. The second kappa shape index (κ2) is 11.0. The maximum atomic E-state index is 14.3. The summed E-state index contributed by atoms with van der Waals surface area (Å²) in [4.78, 5) is 58.8. The molecule has 0 spiro atoms. The minimum absolute atomic E-state index is 0.0625. The van der Waals surface area contributed by atoms with Gasteiger partial charge in [0.05, 0.1) is 35.0 Å². The number of nitrogens with zero attached hydrogens (tertiary/aromatic N) is 2. The van der Waals surface area contributed by atoms with E-state index in [4.69, 9.17) is 0 Å². The zero-order chi connectivity index (χ0) is 30.9. The number of phenols is 1. The molecule has 222 valence electrons. The molecule has 6 unspecified atom stereocenters. The summed E-state index contributed by atoms with van der Waals surface area (Å²) < 4.78 is 1.66. The van der Waals surface area contributed by atoms with Crippen molar-refractivity contribution in [2.45, 2.75) is 25.2 Å². The summed E-state index contributed by atoms with van der Waals surface area (Å²) in [5, 5.41) is 11.5. The highest BCUT2D eigenvalue weighted by Crippen LogP contribution is 2.59. The molecule has 4 aliphatic rings. The van der Waals surface area contributed by atoms with Crippen molar-refractivity contribution in [2.24, 2.45) is 29.6 Å². The first-order valence-electron chi connectivity index (χ1n) is 14.6. The molecule has 3 aromatic rings. The normalized spacial score (nSPS) is 27.6. The van der Waals surface area contributed by atoms with Crippen LogP contribution in [-0.2, 0) is 25.6 Å². The third-order valence-electron chi connectivity index (χ3n) is 9.67. The number of hydrogen-bond donors (Lipinski definition) is 1. The molecule has 6 atom stereocenters. The van der Waals surface area contributed by atoms with E-state index < -0.39 is 35.5 Å². The number of anilines is 2. The summed E-state index contributed by atoms with van der Waals surface area (Å²) in [5.41, 5.74) is 3.04. The molecule has 9 heteroatoms. The predicted octanol–water partition coefficient (Wildman–Crippen LogP) is 6.69. The number of hydrogen-bond acceptors (Lipinski definition) is 5. The summed E-state index contributed by atoms with van der Waals surface area (Å²) in [6.07, 6.45) is 4.73. The van der Waals surface area contributed by atoms with Crippen molar-refractivity contribution in [1.82, 2.24) is 0 Å². The number of aromatic hydroxyl groups is 1. The number of amides is 4. The topological polar surface area (TPSA) is 95.0 Å². The number of benzene rings is 3. The van der Waals surface area contributed by atoms with Gasteiger partial charge in [-0.05, 0) is 79.3 Å². The lowest BCUT2D eigenvalue weighted by atomic mass is 9.57. The molecule has 0 aromatic heterocycles. The minimum Gasteiger partial charge on any atom is -0.507 e. The van der Waals surface area contributed by atoms with Crippen molar-refractivity contribution in [1.29, 1.82) is 0 Å². The van der Waals surface area contributed by atoms with Crippen LogP contribution < -0.4 is 9.80 Å². The van der Waals surface area contributed by atoms with Crippen molar-refractivity contribution >= 4 is 66.9 Å². The van der Waals surface area contributed by atoms with E-state index in [2.05, 4.69) is 38.4 Å². The highest BCUT2D eigenvalue weighted by Gasteiger charge is 2.62. The Morgan fingerprint density at radius 2 is 1.32 bits per heavy atom. The quantitative estimate of drug-likeness (QED) is 0.235. The average molecular weight is 716 g/mol. The standard InChI is InChI=1S/C35H28Br2N2O5/c1-2-4-18-5-3-6-24(31(18)40)28-23-15-16-25-29(34(43)38(32(25)41)21-11-7-19(36)8-12-21)26(23)17-27-30(28)35(44)39(33(27)42)22-13-9-20(37)10-14-22/h2-3,5-15,25-30,40H,1,4,16-17H2. The number of rotatable bonds is 5. The molecule has 1 N–H and O–H groups in total. The molecule has 3 fully saturated rings. The molecular weight excluding hydrogens is 688 g/mol. The summed E-state index contributed by atoms with van der Waals surface area (Å²) >= 11 is 6.83. The number of allylic oxidation sites excluding steroid dienone is 3. The Morgan fingerprint density at radius 1 is 0.750 bits per heavy atom. The molecular formula is C35H28Br2N2O5. The summed E-state index contributed by atoms with van der Waals surface area (Å²) in [7, 11) is 0. The first kappa shape index (κ1) is 28.9. The summed E-state index contributed by atoms with van der Waals surface area (Å²) in [5.74, 6) is -4.91. The first-order valence-corrected chi connectivity index (χ1v) is 16.2. The molecule has 2 saturated heterocycles. The molecule has 2 aliphatic carbocycles. The number of carbonyl (C=O) groups excluding carboxylic acids is 4. The van der Waals surface area contributed by atoms with E-state index in [0.29, 0.717) is 35.3 Å². The molecule has 0 radical (unpaired) electrons. The van der Waals surface area contributed by atoms with Gasteiger partial charge < -0.3 is 5.11 Å². The fraction of sp³-hybridized carbons (Fsp3) is 0.257. The van der Waals surface area contributed by atoms with Crippen LogP contribution in [0.2, 0.25) is 0 Å². The summed E-state index contributed by atoms with van der Waals surface area (Å²) in [6, 6.07) is 19.5. The van der Waals surface area contributed by atoms with Crippen LogP contribution in [0.25, 0.3) is 0 Å². The van der Waals surface area contributed by atoms with E-state index in [-0.39, 0.29) is 35.8 Å². The fourth-order valence-electron chi connectivity index (χ4n) is 7.81. The second-order valence-electron chi connectivity index (χ2n) is 11.8. The maximum Gasteiger partial charge on any atom is 0.238 e. The Hall–Kier alpha value is -3.82. The van der Waals surface area contributed by atoms with Gasteiger partial charge >= 0.3 is 0 Å². The highest BCUT2D eigenvalue weighted by molar-refractivity contribution is 9.10. The monoisotopic (exact) mass is 714 g/mol. The zero-order valence-corrected chi connectivity index (χ0v) is 26.7. The minimum atomic E-state index is -0.759. The van der Waals surface area contributed by atoms with Crippen LogP contribution in [0.5, 0.6) is 5.75 Å². The van der Waals surface area contributed by atoms with Gasteiger partial charge in [0.2, 0.25) is 23.6 Å². The summed E-state index contributed by atoms with van der Waals surface area (Å²) in [6.45, 7) is 3.81.